The highest BCUT2D eigenvalue weighted by molar-refractivity contribution is 6.07. The van der Waals surface area contributed by atoms with E-state index in [1.54, 1.807) is 7.11 Å². The highest BCUT2D eigenvalue weighted by Crippen LogP contribution is 2.36. The quantitative estimate of drug-likeness (QED) is 0.502. The Morgan fingerprint density at radius 1 is 1.00 bits per heavy atom. The lowest BCUT2D eigenvalue weighted by molar-refractivity contribution is -0.117. The Hall–Kier alpha value is -3.42. The van der Waals surface area contributed by atoms with Gasteiger partial charge in [0.05, 0.1) is 25.0 Å². The van der Waals surface area contributed by atoms with Crippen LogP contribution in [0.25, 0.3) is 21.9 Å². The first-order chi connectivity index (χ1) is 15.7. The Bertz CT molecular complexity index is 1230. The summed E-state index contributed by atoms with van der Waals surface area (Å²) >= 11 is 0. The fraction of sp³-hybridized carbons (Fsp3) is 0.280. The molecule has 1 N–H and O–H groups in total. The largest absolute Gasteiger partial charge is 0.495 e. The molecule has 164 valence electrons. The number of nitrogens with one attached hydrogen (secondary N) is 1. The molecule has 4 aromatic rings. The van der Waals surface area contributed by atoms with Crippen LogP contribution in [0.5, 0.6) is 5.75 Å². The van der Waals surface area contributed by atoms with Crippen molar-refractivity contribution in [1.82, 2.24) is 14.8 Å². The second-order valence-electron chi connectivity index (χ2n) is 8.07. The fourth-order valence-electron chi connectivity index (χ4n) is 4.24. The number of piperazine rings is 1. The summed E-state index contributed by atoms with van der Waals surface area (Å²) in [5, 5.41) is 5.01. The van der Waals surface area contributed by atoms with Gasteiger partial charge in [-0.05, 0) is 24.3 Å². The zero-order valence-electron chi connectivity index (χ0n) is 18.1. The Kier molecular flexibility index (Phi) is 5.75. The molecule has 0 radical (unpaired) electrons. The number of anilines is 1. The Balaban J connectivity index is 1.22. The number of benzene rings is 2. The number of nitrogens with zero attached hydrogens (tertiary/aromatic N) is 3. The van der Waals surface area contributed by atoms with Crippen LogP contribution in [0.4, 0.5) is 5.69 Å². The number of hydrogen-bond acceptors (Lipinski definition) is 6. The maximum absolute atomic E-state index is 12.8. The summed E-state index contributed by atoms with van der Waals surface area (Å²) in [5.74, 6) is 0.564. The van der Waals surface area contributed by atoms with Crippen molar-refractivity contribution >= 4 is 33.5 Å². The third kappa shape index (κ3) is 4.30. The van der Waals surface area contributed by atoms with Crippen molar-refractivity contribution < 1.29 is 13.9 Å². The standard InChI is InChI=1S/C25H26N4O3/c1-31-24-14-20-19-7-2-3-8-22(19)32-23(20)15-21(24)27-25(30)17-29-12-10-28(11-13-29)16-18-6-4-5-9-26-18/h2-9,14-15H,10-13,16-17H2,1H3,(H,27,30). The molecule has 7 nitrogen and oxygen atoms in total. The molecule has 1 saturated heterocycles. The number of rotatable bonds is 6. The van der Waals surface area contributed by atoms with Crippen LogP contribution < -0.4 is 10.1 Å². The maximum atomic E-state index is 12.8. The molecule has 1 fully saturated rings. The van der Waals surface area contributed by atoms with Gasteiger partial charge in [-0.2, -0.15) is 0 Å². The summed E-state index contributed by atoms with van der Waals surface area (Å²) in [4.78, 5) is 21.7. The number of hydrogen-bond donors (Lipinski definition) is 1. The monoisotopic (exact) mass is 430 g/mol. The van der Waals surface area contributed by atoms with Gasteiger partial charge < -0.3 is 14.5 Å². The van der Waals surface area contributed by atoms with E-state index in [9.17, 15) is 4.79 Å². The van der Waals surface area contributed by atoms with Crippen molar-refractivity contribution in [3.05, 3.63) is 66.5 Å². The van der Waals surface area contributed by atoms with E-state index in [0.29, 0.717) is 18.0 Å². The first-order valence-electron chi connectivity index (χ1n) is 10.8. The first-order valence-corrected chi connectivity index (χ1v) is 10.8. The summed E-state index contributed by atoms with van der Waals surface area (Å²) in [7, 11) is 1.61. The minimum atomic E-state index is -0.0584. The molecule has 0 unspecified atom stereocenters. The van der Waals surface area contributed by atoms with Gasteiger partial charge in [-0.3, -0.25) is 19.6 Å². The third-order valence-corrected chi connectivity index (χ3v) is 5.92. The maximum Gasteiger partial charge on any atom is 0.238 e. The van der Waals surface area contributed by atoms with Crippen LogP contribution in [-0.4, -0.2) is 60.5 Å². The number of amides is 1. The lowest BCUT2D eigenvalue weighted by Crippen LogP contribution is -2.48. The van der Waals surface area contributed by atoms with E-state index in [4.69, 9.17) is 9.15 Å². The van der Waals surface area contributed by atoms with Crippen molar-refractivity contribution in [3.8, 4) is 5.75 Å². The first kappa shape index (κ1) is 20.5. The molecule has 2 aromatic heterocycles. The molecule has 3 heterocycles. The molecule has 5 rings (SSSR count). The van der Waals surface area contributed by atoms with E-state index in [2.05, 4.69) is 20.1 Å². The van der Waals surface area contributed by atoms with Crippen LogP contribution in [0, 0.1) is 0 Å². The van der Waals surface area contributed by atoms with Gasteiger partial charge in [0, 0.05) is 55.8 Å². The summed E-state index contributed by atoms with van der Waals surface area (Å²) in [6.45, 7) is 4.71. The number of pyridine rings is 1. The van der Waals surface area contributed by atoms with Crippen LogP contribution in [0.3, 0.4) is 0 Å². The third-order valence-electron chi connectivity index (χ3n) is 5.92. The van der Waals surface area contributed by atoms with Gasteiger partial charge in [0.2, 0.25) is 5.91 Å². The smallest absolute Gasteiger partial charge is 0.238 e. The fourth-order valence-corrected chi connectivity index (χ4v) is 4.24. The number of para-hydroxylation sites is 1. The molecule has 7 heteroatoms. The molecule has 0 spiro atoms. The van der Waals surface area contributed by atoms with Gasteiger partial charge in [-0.25, -0.2) is 0 Å². The van der Waals surface area contributed by atoms with Crippen molar-refractivity contribution in [1.29, 1.82) is 0 Å². The minimum absolute atomic E-state index is 0.0584. The Morgan fingerprint density at radius 3 is 2.56 bits per heavy atom. The zero-order chi connectivity index (χ0) is 21.9. The van der Waals surface area contributed by atoms with Crippen molar-refractivity contribution in [2.45, 2.75) is 6.54 Å². The predicted octanol–water partition coefficient (Wildman–Crippen LogP) is 3.75. The molecule has 0 atom stereocenters. The van der Waals surface area contributed by atoms with Crippen LogP contribution in [0.1, 0.15) is 5.69 Å². The highest BCUT2D eigenvalue weighted by Gasteiger charge is 2.20. The van der Waals surface area contributed by atoms with E-state index < -0.39 is 0 Å². The summed E-state index contributed by atoms with van der Waals surface area (Å²) in [6, 6.07) is 17.6. The summed E-state index contributed by atoms with van der Waals surface area (Å²) < 4.78 is 11.5. The Labute approximate surface area is 186 Å². The topological polar surface area (TPSA) is 70.8 Å². The number of fused-ring (bicyclic) bond motifs is 3. The van der Waals surface area contributed by atoms with E-state index >= 15 is 0 Å². The average molecular weight is 431 g/mol. The van der Waals surface area contributed by atoms with E-state index in [1.807, 2.05) is 60.8 Å². The molecule has 1 aliphatic rings. The number of methoxy groups -OCH3 is 1. The second-order valence-corrected chi connectivity index (χ2v) is 8.07. The van der Waals surface area contributed by atoms with E-state index in [1.165, 1.54) is 0 Å². The number of ether oxygens (including phenoxy) is 1. The molecule has 1 aliphatic heterocycles. The number of aromatic nitrogens is 1. The zero-order valence-corrected chi connectivity index (χ0v) is 18.1. The minimum Gasteiger partial charge on any atom is -0.495 e. The molecule has 1 amide bonds. The van der Waals surface area contributed by atoms with Crippen LogP contribution in [-0.2, 0) is 11.3 Å². The molecule has 2 aromatic carbocycles. The molecule has 0 bridgehead atoms. The predicted molar refractivity (Wildman–Crippen MR) is 125 cm³/mol. The Morgan fingerprint density at radius 2 is 1.78 bits per heavy atom. The van der Waals surface area contributed by atoms with Crippen molar-refractivity contribution in [2.24, 2.45) is 0 Å². The molecule has 32 heavy (non-hydrogen) atoms. The van der Waals surface area contributed by atoms with Gasteiger partial charge in [0.15, 0.2) is 0 Å². The number of furan rings is 1. The van der Waals surface area contributed by atoms with Crippen LogP contribution >= 0.6 is 0 Å². The van der Waals surface area contributed by atoms with E-state index in [0.717, 1.165) is 60.4 Å². The van der Waals surface area contributed by atoms with E-state index in [-0.39, 0.29) is 5.91 Å². The molecular weight excluding hydrogens is 404 g/mol. The van der Waals surface area contributed by atoms with Gasteiger partial charge in [0.25, 0.3) is 0 Å². The van der Waals surface area contributed by atoms with Gasteiger partial charge in [0.1, 0.15) is 16.9 Å². The summed E-state index contributed by atoms with van der Waals surface area (Å²) in [6.07, 6.45) is 1.83. The SMILES string of the molecule is COc1cc2c(cc1NC(=O)CN1CCN(Cc3ccccn3)CC1)oc1ccccc12. The molecule has 0 saturated carbocycles. The highest BCUT2D eigenvalue weighted by atomic mass is 16.5. The number of carbonyl (C=O) groups excluding carboxylic acids is 1. The van der Waals surface area contributed by atoms with Crippen LogP contribution in [0.15, 0.2) is 65.2 Å². The van der Waals surface area contributed by atoms with Gasteiger partial charge in [-0.1, -0.05) is 24.3 Å². The van der Waals surface area contributed by atoms with Crippen molar-refractivity contribution in [2.75, 3.05) is 45.2 Å². The lowest BCUT2D eigenvalue weighted by atomic mass is 10.1. The van der Waals surface area contributed by atoms with Crippen molar-refractivity contribution in [3.63, 3.8) is 0 Å². The lowest BCUT2D eigenvalue weighted by Gasteiger charge is -2.34. The van der Waals surface area contributed by atoms with Crippen LogP contribution in [0.2, 0.25) is 0 Å². The number of carbonyl (C=O) groups is 1. The average Bonchev–Trinajstić information content (AvgIpc) is 3.18. The molecule has 0 aliphatic carbocycles. The normalized spacial score (nSPS) is 15.3. The second kappa shape index (κ2) is 8.98. The van der Waals surface area contributed by atoms with Gasteiger partial charge >= 0.3 is 0 Å². The van der Waals surface area contributed by atoms with Gasteiger partial charge in [-0.15, -0.1) is 0 Å². The molecular formula is C25H26N4O3. The summed E-state index contributed by atoms with van der Waals surface area (Å²) in [5.41, 5.74) is 3.24.